The average molecular weight is 271 g/mol. The lowest BCUT2D eigenvalue weighted by atomic mass is 10.2. The zero-order valence-corrected chi connectivity index (χ0v) is 9.05. The maximum Gasteiger partial charge on any atom is 0.266 e. The molecule has 1 rings (SSSR count). The summed E-state index contributed by atoms with van der Waals surface area (Å²) >= 11 is 4.15. The first-order valence-electron chi connectivity index (χ1n) is 3.37. The van der Waals surface area contributed by atoms with Gasteiger partial charge in [-0.25, -0.2) is 13.2 Å². The van der Waals surface area contributed by atoms with Crippen molar-refractivity contribution in [1.29, 1.82) is 0 Å². The molecule has 0 nitrogen and oxygen atoms in total. The van der Waals surface area contributed by atoms with E-state index in [-0.39, 0.29) is 4.90 Å². The van der Waals surface area contributed by atoms with Gasteiger partial charge in [-0.05, 0) is 18.4 Å². The molecule has 0 aliphatic rings. The van der Waals surface area contributed by atoms with Gasteiger partial charge in [0.2, 0.25) is 0 Å². The molecule has 0 aromatic heterocycles. The minimum Gasteiger partial charge on any atom is -0.205 e. The second-order valence-electron chi connectivity index (χ2n) is 2.31. The smallest absolute Gasteiger partial charge is 0.205 e. The molecule has 0 spiro atoms. The summed E-state index contributed by atoms with van der Waals surface area (Å²) in [6.45, 7) is 0. The molecule has 0 amide bonds. The minimum absolute atomic E-state index is 0.227. The van der Waals surface area contributed by atoms with Gasteiger partial charge in [0.05, 0.1) is 5.56 Å². The van der Waals surface area contributed by atoms with Crippen LogP contribution in [-0.4, -0.2) is 6.26 Å². The maximum absolute atomic E-state index is 13.2. The first kappa shape index (κ1) is 10.9. The van der Waals surface area contributed by atoms with E-state index < -0.39 is 17.8 Å². The largest absolute Gasteiger partial charge is 0.266 e. The van der Waals surface area contributed by atoms with E-state index in [2.05, 4.69) is 15.9 Å². The zero-order valence-electron chi connectivity index (χ0n) is 6.65. The fraction of sp³-hybridized carbons (Fsp3) is 0.250. The van der Waals surface area contributed by atoms with Crippen molar-refractivity contribution in [3.63, 3.8) is 0 Å². The lowest BCUT2D eigenvalue weighted by Crippen LogP contribution is -1.93. The first-order valence-corrected chi connectivity index (χ1v) is 5.39. The predicted molar refractivity (Wildman–Crippen MR) is 50.8 cm³/mol. The van der Waals surface area contributed by atoms with E-state index in [1.54, 1.807) is 6.26 Å². The molecule has 0 saturated carbocycles. The molecule has 0 radical (unpaired) electrons. The van der Waals surface area contributed by atoms with Gasteiger partial charge in [-0.3, -0.25) is 0 Å². The monoisotopic (exact) mass is 270 g/mol. The Bertz CT molecular complexity index is 315. The second-order valence-corrected chi connectivity index (χ2v) is 4.08. The molecule has 0 aliphatic carbocycles. The first-order chi connectivity index (χ1) is 6.06. The van der Waals surface area contributed by atoms with Crippen LogP contribution in [0.2, 0.25) is 0 Å². The Kier molecular flexibility index (Phi) is 3.67. The summed E-state index contributed by atoms with van der Waals surface area (Å²) in [7, 11) is 0. The molecular weight excluding hydrogens is 265 g/mol. The topological polar surface area (TPSA) is 0 Å². The molecule has 0 saturated heterocycles. The van der Waals surface area contributed by atoms with E-state index in [4.69, 9.17) is 0 Å². The van der Waals surface area contributed by atoms with Crippen LogP contribution in [0.25, 0.3) is 0 Å². The van der Waals surface area contributed by atoms with Gasteiger partial charge in [-0.15, -0.1) is 11.8 Å². The third-order valence-corrected chi connectivity index (χ3v) is 2.68. The summed E-state index contributed by atoms with van der Waals surface area (Å²) in [5.74, 6) is -0.828. The summed E-state index contributed by atoms with van der Waals surface area (Å²) in [4.78, 5) is 0.227. The summed E-state index contributed by atoms with van der Waals surface area (Å²) in [5.41, 5.74) is -0.557. The van der Waals surface area contributed by atoms with Gasteiger partial charge >= 0.3 is 0 Å². The molecular formula is C8H6BrF3S. The van der Waals surface area contributed by atoms with E-state index in [0.29, 0.717) is 4.47 Å². The zero-order chi connectivity index (χ0) is 10.0. The van der Waals surface area contributed by atoms with E-state index in [1.165, 1.54) is 6.07 Å². The molecule has 0 atom stereocenters. The van der Waals surface area contributed by atoms with E-state index in [1.807, 2.05) is 0 Å². The van der Waals surface area contributed by atoms with Crippen LogP contribution < -0.4 is 0 Å². The Labute approximate surface area is 86.6 Å². The summed E-state index contributed by atoms with van der Waals surface area (Å²) in [6.07, 6.45) is -1.14. The van der Waals surface area contributed by atoms with E-state index in [9.17, 15) is 13.2 Å². The number of hydrogen-bond acceptors (Lipinski definition) is 1. The Morgan fingerprint density at radius 2 is 2.00 bits per heavy atom. The fourth-order valence-electron chi connectivity index (χ4n) is 0.892. The van der Waals surface area contributed by atoms with Crippen molar-refractivity contribution in [2.75, 3.05) is 6.26 Å². The van der Waals surface area contributed by atoms with Crippen molar-refractivity contribution in [2.24, 2.45) is 0 Å². The van der Waals surface area contributed by atoms with Crippen LogP contribution >= 0.6 is 27.7 Å². The molecule has 0 bridgehead atoms. The molecule has 1 aromatic rings. The maximum atomic E-state index is 13.2. The van der Waals surface area contributed by atoms with Gasteiger partial charge in [0.25, 0.3) is 6.43 Å². The third kappa shape index (κ3) is 2.40. The second kappa shape index (κ2) is 4.37. The van der Waals surface area contributed by atoms with Crippen molar-refractivity contribution < 1.29 is 13.2 Å². The normalized spacial score (nSPS) is 10.9. The van der Waals surface area contributed by atoms with Gasteiger partial charge in [-0.1, -0.05) is 15.9 Å². The van der Waals surface area contributed by atoms with Crippen molar-refractivity contribution in [3.05, 3.63) is 28.0 Å². The molecule has 5 heteroatoms. The van der Waals surface area contributed by atoms with Crippen LogP contribution in [0.5, 0.6) is 0 Å². The predicted octanol–water partition coefficient (Wildman–Crippen LogP) is 4.25. The van der Waals surface area contributed by atoms with Crippen molar-refractivity contribution >= 4 is 27.7 Å². The van der Waals surface area contributed by atoms with Gasteiger partial charge in [0.15, 0.2) is 0 Å². The standard InChI is InChI=1S/C8H6BrF3S/c1-13-6-3-4(9)2-5(7(6)10)8(11)12/h2-3,8H,1H3. The highest BCUT2D eigenvalue weighted by Gasteiger charge is 2.17. The number of thioether (sulfide) groups is 1. The molecule has 0 unspecified atom stereocenters. The lowest BCUT2D eigenvalue weighted by Gasteiger charge is -2.06. The van der Waals surface area contributed by atoms with Crippen molar-refractivity contribution in [3.8, 4) is 0 Å². The molecule has 0 fully saturated rings. The average Bonchev–Trinajstić information content (AvgIpc) is 2.08. The Hall–Kier alpha value is -0.160. The third-order valence-electron chi connectivity index (χ3n) is 1.49. The van der Waals surface area contributed by atoms with Crippen LogP contribution in [-0.2, 0) is 0 Å². The van der Waals surface area contributed by atoms with E-state index >= 15 is 0 Å². The van der Waals surface area contributed by atoms with Gasteiger partial charge in [0, 0.05) is 9.37 Å². The minimum atomic E-state index is -2.77. The van der Waals surface area contributed by atoms with Gasteiger partial charge < -0.3 is 0 Å². The van der Waals surface area contributed by atoms with E-state index in [0.717, 1.165) is 17.8 Å². The number of alkyl halides is 2. The SMILES string of the molecule is CSc1cc(Br)cc(C(F)F)c1F. The summed E-state index contributed by atoms with van der Waals surface area (Å²) in [6, 6.07) is 2.58. The fourth-order valence-corrected chi connectivity index (χ4v) is 2.06. The number of benzene rings is 1. The number of halogens is 4. The van der Waals surface area contributed by atoms with Gasteiger partial charge in [-0.2, -0.15) is 0 Å². The summed E-state index contributed by atoms with van der Waals surface area (Å²) < 4.78 is 38.2. The van der Waals surface area contributed by atoms with Crippen molar-refractivity contribution in [1.82, 2.24) is 0 Å². The molecule has 0 aliphatic heterocycles. The highest BCUT2D eigenvalue weighted by molar-refractivity contribution is 9.10. The molecule has 0 heterocycles. The van der Waals surface area contributed by atoms with Crippen LogP contribution in [0.3, 0.4) is 0 Å². The highest BCUT2D eigenvalue weighted by atomic mass is 79.9. The van der Waals surface area contributed by atoms with Crippen LogP contribution in [0.1, 0.15) is 12.0 Å². The summed E-state index contributed by atoms with van der Waals surface area (Å²) in [5, 5.41) is 0. The number of hydrogen-bond donors (Lipinski definition) is 0. The molecule has 1 aromatic carbocycles. The lowest BCUT2D eigenvalue weighted by molar-refractivity contribution is 0.145. The van der Waals surface area contributed by atoms with Crippen LogP contribution in [0.4, 0.5) is 13.2 Å². The number of rotatable bonds is 2. The highest BCUT2D eigenvalue weighted by Crippen LogP contribution is 2.31. The van der Waals surface area contributed by atoms with Crippen molar-refractivity contribution in [2.45, 2.75) is 11.3 Å². The molecule has 13 heavy (non-hydrogen) atoms. The van der Waals surface area contributed by atoms with Crippen LogP contribution in [0, 0.1) is 5.82 Å². The molecule has 72 valence electrons. The Morgan fingerprint density at radius 3 is 2.46 bits per heavy atom. The van der Waals surface area contributed by atoms with Gasteiger partial charge in [0.1, 0.15) is 5.82 Å². The Balaban J connectivity index is 3.27. The quantitative estimate of drug-likeness (QED) is 0.725. The van der Waals surface area contributed by atoms with Crippen LogP contribution in [0.15, 0.2) is 21.5 Å². The molecule has 0 N–H and O–H groups in total. The Morgan fingerprint density at radius 1 is 1.38 bits per heavy atom.